The molecule has 5 rings (SSSR count). The van der Waals surface area contributed by atoms with Crippen LogP contribution in [0.4, 0.5) is 15.9 Å². The number of carboxylic acids is 1. The van der Waals surface area contributed by atoms with Gasteiger partial charge in [-0.15, -0.1) is 0 Å². The summed E-state index contributed by atoms with van der Waals surface area (Å²) in [5.74, 6) is 0.133. The highest BCUT2D eigenvalue weighted by Crippen LogP contribution is 2.34. The maximum Gasteiger partial charge on any atom is 0.303 e. The number of carbonyl (C=O) groups is 1. The van der Waals surface area contributed by atoms with E-state index in [1.165, 1.54) is 6.07 Å². The predicted molar refractivity (Wildman–Crippen MR) is 141 cm³/mol. The molecule has 0 amide bonds. The van der Waals surface area contributed by atoms with E-state index in [9.17, 15) is 9.18 Å². The minimum Gasteiger partial charge on any atom is -0.481 e. The largest absolute Gasteiger partial charge is 0.481 e. The molecule has 1 aliphatic rings. The maximum absolute atomic E-state index is 14.1. The van der Waals surface area contributed by atoms with Gasteiger partial charge in [0.25, 0.3) is 0 Å². The van der Waals surface area contributed by atoms with Crippen LogP contribution in [0.15, 0.2) is 67.0 Å². The van der Waals surface area contributed by atoms with Crippen molar-refractivity contribution in [3.05, 3.63) is 83.4 Å². The number of nitrogens with one attached hydrogen (secondary N) is 1. The van der Waals surface area contributed by atoms with Gasteiger partial charge in [-0.3, -0.25) is 9.78 Å². The second kappa shape index (κ2) is 10.5. The molecule has 0 saturated carbocycles. The molecule has 184 valence electrons. The monoisotopic (exact) mass is 504 g/mol. The number of benzene rings is 2. The number of aromatic nitrogens is 2. The normalized spacial score (nSPS) is 14.2. The minimum atomic E-state index is -0.728. The van der Waals surface area contributed by atoms with Gasteiger partial charge in [-0.25, -0.2) is 9.37 Å². The van der Waals surface area contributed by atoms with Crippen LogP contribution in [0.25, 0.3) is 22.0 Å². The second-order valence-electron chi connectivity index (χ2n) is 9.09. The van der Waals surface area contributed by atoms with Crippen LogP contribution in [0.1, 0.15) is 24.8 Å². The highest BCUT2D eigenvalue weighted by atomic mass is 35.5. The standard InChI is InChI=1S/C28H26ClFN4O2/c29-23-17-31-25-7-5-19(14-22(25)28(23)33-16-21-3-1-2-4-24(21)30)20-6-8-26(32-15-20)34-11-9-18(10-12-34)13-27(35)36/h1-8,14-15,17-18H,9-13,16H2,(H,31,33)(H,35,36). The van der Waals surface area contributed by atoms with Crippen molar-refractivity contribution in [2.75, 3.05) is 23.3 Å². The number of hydrogen-bond acceptors (Lipinski definition) is 5. The lowest BCUT2D eigenvalue weighted by molar-refractivity contribution is -0.138. The van der Waals surface area contributed by atoms with Crippen LogP contribution in [-0.4, -0.2) is 34.1 Å². The van der Waals surface area contributed by atoms with E-state index in [1.54, 1.807) is 24.4 Å². The first-order valence-electron chi connectivity index (χ1n) is 12.0. The first kappa shape index (κ1) is 24.0. The molecule has 0 bridgehead atoms. The molecule has 0 radical (unpaired) electrons. The van der Waals surface area contributed by atoms with Gasteiger partial charge in [-0.05, 0) is 54.7 Å². The average molecular weight is 505 g/mol. The van der Waals surface area contributed by atoms with Gasteiger partial charge in [-0.1, -0.05) is 35.9 Å². The van der Waals surface area contributed by atoms with E-state index in [2.05, 4.69) is 20.2 Å². The number of aliphatic carboxylic acids is 1. The lowest BCUT2D eigenvalue weighted by atomic mass is 9.93. The molecular formula is C28H26ClFN4O2. The van der Waals surface area contributed by atoms with Crippen molar-refractivity contribution in [3.63, 3.8) is 0 Å². The molecule has 3 heterocycles. The second-order valence-corrected chi connectivity index (χ2v) is 9.50. The first-order chi connectivity index (χ1) is 17.5. The number of piperidine rings is 1. The average Bonchev–Trinajstić information content (AvgIpc) is 2.89. The zero-order valence-electron chi connectivity index (χ0n) is 19.6. The smallest absolute Gasteiger partial charge is 0.303 e. The molecule has 36 heavy (non-hydrogen) atoms. The summed E-state index contributed by atoms with van der Waals surface area (Å²) in [5, 5.41) is 13.6. The molecule has 6 nitrogen and oxygen atoms in total. The Hall–Kier alpha value is -3.71. The van der Waals surface area contributed by atoms with Crippen molar-refractivity contribution in [2.24, 2.45) is 5.92 Å². The molecule has 1 fully saturated rings. The van der Waals surface area contributed by atoms with E-state index in [0.29, 0.717) is 22.8 Å². The van der Waals surface area contributed by atoms with Gasteiger partial charge >= 0.3 is 5.97 Å². The van der Waals surface area contributed by atoms with Gasteiger partial charge in [0.15, 0.2) is 0 Å². The van der Waals surface area contributed by atoms with Crippen molar-refractivity contribution in [3.8, 4) is 11.1 Å². The molecule has 2 N–H and O–H groups in total. The molecule has 0 atom stereocenters. The SMILES string of the molecule is O=C(O)CC1CCN(c2ccc(-c3ccc4ncc(Cl)c(NCc5ccccc5F)c4c3)cn2)CC1. The molecule has 0 aliphatic carbocycles. The molecule has 8 heteroatoms. The summed E-state index contributed by atoms with van der Waals surface area (Å²) in [6.45, 7) is 1.91. The zero-order chi connectivity index (χ0) is 25.1. The van der Waals surface area contributed by atoms with E-state index in [-0.39, 0.29) is 18.2 Å². The lowest BCUT2D eigenvalue weighted by Gasteiger charge is -2.32. The molecule has 1 aliphatic heterocycles. The molecule has 2 aromatic heterocycles. The summed E-state index contributed by atoms with van der Waals surface area (Å²) in [7, 11) is 0. The van der Waals surface area contributed by atoms with Gasteiger partial charge in [0.2, 0.25) is 0 Å². The van der Waals surface area contributed by atoms with Crippen LogP contribution in [0, 0.1) is 11.7 Å². The summed E-state index contributed by atoms with van der Waals surface area (Å²) < 4.78 is 14.1. The minimum absolute atomic E-state index is 0.234. The van der Waals surface area contributed by atoms with Crippen LogP contribution < -0.4 is 10.2 Å². The van der Waals surface area contributed by atoms with Gasteiger partial charge in [-0.2, -0.15) is 0 Å². The Balaban J connectivity index is 1.35. The number of rotatable bonds is 7. The molecule has 0 unspecified atom stereocenters. The van der Waals surface area contributed by atoms with Crippen LogP contribution in [0.3, 0.4) is 0 Å². The quantitative estimate of drug-likeness (QED) is 0.303. The summed E-state index contributed by atoms with van der Waals surface area (Å²) in [6, 6.07) is 16.7. The fraction of sp³-hybridized carbons (Fsp3) is 0.250. The van der Waals surface area contributed by atoms with Gasteiger partial charge in [0.1, 0.15) is 11.6 Å². The Labute approximate surface area is 213 Å². The van der Waals surface area contributed by atoms with Gasteiger partial charge in [0, 0.05) is 55.0 Å². The van der Waals surface area contributed by atoms with Crippen molar-refractivity contribution >= 4 is 40.0 Å². The van der Waals surface area contributed by atoms with Crippen molar-refractivity contribution in [1.29, 1.82) is 0 Å². The Kier molecular flexibility index (Phi) is 7.00. The highest BCUT2D eigenvalue weighted by molar-refractivity contribution is 6.34. The van der Waals surface area contributed by atoms with Crippen molar-refractivity contribution in [1.82, 2.24) is 9.97 Å². The molecule has 2 aromatic carbocycles. The van der Waals surface area contributed by atoms with Crippen molar-refractivity contribution < 1.29 is 14.3 Å². The van der Waals surface area contributed by atoms with Crippen LogP contribution in [0.5, 0.6) is 0 Å². The van der Waals surface area contributed by atoms with Crippen LogP contribution >= 0.6 is 11.6 Å². The zero-order valence-corrected chi connectivity index (χ0v) is 20.4. The molecule has 4 aromatic rings. The highest BCUT2D eigenvalue weighted by Gasteiger charge is 2.22. The number of pyridine rings is 2. The topological polar surface area (TPSA) is 78.3 Å². The Morgan fingerprint density at radius 2 is 1.83 bits per heavy atom. The molecular weight excluding hydrogens is 479 g/mol. The Morgan fingerprint density at radius 3 is 2.56 bits per heavy atom. The van der Waals surface area contributed by atoms with E-state index in [1.807, 2.05) is 36.5 Å². The fourth-order valence-corrected chi connectivity index (χ4v) is 4.93. The van der Waals surface area contributed by atoms with Crippen LogP contribution in [-0.2, 0) is 11.3 Å². The molecule has 0 spiro atoms. The van der Waals surface area contributed by atoms with E-state index < -0.39 is 5.97 Å². The van der Waals surface area contributed by atoms with Gasteiger partial charge < -0.3 is 15.3 Å². The number of halogens is 2. The third-order valence-corrected chi connectivity index (χ3v) is 7.00. The number of nitrogens with zero attached hydrogens (tertiary/aromatic N) is 3. The summed E-state index contributed by atoms with van der Waals surface area (Å²) in [6.07, 6.45) is 5.40. The Bertz CT molecular complexity index is 1390. The van der Waals surface area contributed by atoms with Crippen molar-refractivity contribution in [2.45, 2.75) is 25.8 Å². The fourth-order valence-electron chi connectivity index (χ4n) is 4.71. The third-order valence-electron chi connectivity index (χ3n) is 6.72. The number of carboxylic acid groups (broad SMARTS) is 1. The van der Waals surface area contributed by atoms with E-state index in [0.717, 1.165) is 53.8 Å². The maximum atomic E-state index is 14.1. The van der Waals surface area contributed by atoms with E-state index >= 15 is 0 Å². The van der Waals surface area contributed by atoms with Gasteiger partial charge in [0.05, 0.1) is 16.2 Å². The number of fused-ring (bicyclic) bond motifs is 1. The lowest BCUT2D eigenvalue weighted by Crippen LogP contribution is -2.34. The molecule has 1 saturated heterocycles. The summed E-state index contributed by atoms with van der Waals surface area (Å²) >= 11 is 6.48. The third kappa shape index (κ3) is 5.26. The van der Waals surface area contributed by atoms with E-state index in [4.69, 9.17) is 16.7 Å². The van der Waals surface area contributed by atoms with Crippen LogP contribution in [0.2, 0.25) is 5.02 Å². The predicted octanol–water partition coefficient (Wildman–Crippen LogP) is 6.39. The summed E-state index contributed by atoms with van der Waals surface area (Å²) in [5.41, 5.74) is 3.98. The summed E-state index contributed by atoms with van der Waals surface area (Å²) in [4.78, 5) is 22.3. The first-order valence-corrected chi connectivity index (χ1v) is 12.3. The number of anilines is 2. The Morgan fingerprint density at radius 1 is 1.06 bits per heavy atom. The number of hydrogen-bond donors (Lipinski definition) is 2.